The van der Waals surface area contributed by atoms with E-state index in [2.05, 4.69) is 0 Å². The van der Waals surface area contributed by atoms with E-state index in [9.17, 15) is 0 Å². The number of allylic oxidation sites excluding steroid dienone is 6. The van der Waals surface area contributed by atoms with E-state index in [1.807, 2.05) is 0 Å². The molecule has 2 nitrogen and oxygen atoms in total. The summed E-state index contributed by atoms with van der Waals surface area (Å²) in [5.74, 6) is 0. The van der Waals surface area contributed by atoms with Gasteiger partial charge in [-0.15, -0.1) is 0 Å². The molecule has 0 fully saturated rings. The molecule has 0 saturated carbocycles. The Morgan fingerprint density at radius 2 is 0.800 bits per heavy atom. The van der Waals surface area contributed by atoms with Crippen molar-refractivity contribution in [2.75, 3.05) is 0 Å². The topological polar surface area (TPSA) is 47.7 Å². The smallest absolute Gasteiger partial charge is 0.0177 e. The van der Waals surface area contributed by atoms with Crippen molar-refractivity contribution in [1.29, 1.82) is 10.8 Å². The summed E-state index contributed by atoms with van der Waals surface area (Å²) in [5, 5.41) is 13.2. The van der Waals surface area contributed by atoms with E-state index in [1.165, 1.54) is 12.4 Å². The van der Waals surface area contributed by atoms with Crippen LogP contribution in [0.5, 0.6) is 0 Å². The van der Waals surface area contributed by atoms with Crippen molar-refractivity contribution in [3.8, 4) is 0 Å². The van der Waals surface area contributed by atoms with Crippen LogP contribution in [-0.2, 0) is 0 Å². The minimum Gasteiger partial charge on any atom is -0.309 e. The van der Waals surface area contributed by atoms with Crippen LogP contribution in [-0.4, -0.2) is 12.4 Å². The van der Waals surface area contributed by atoms with Crippen LogP contribution in [0.4, 0.5) is 0 Å². The Kier molecular flexibility index (Phi) is 6.47. The largest absolute Gasteiger partial charge is 0.309 e. The first-order valence-electron chi connectivity index (χ1n) is 2.91. The Hall–Kier alpha value is -1.44. The lowest BCUT2D eigenvalue weighted by molar-refractivity contribution is 1.58. The van der Waals surface area contributed by atoms with Gasteiger partial charge in [0.2, 0.25) is 0 Å². The normalized spacial score (nSPS) is 11.6. The standard InChI is InChI=1S/C8H10N2/c9-7-5-3-1-2-4-6-8-10/h1-10H/b2-1-,5-3+,6-4+,9-7?,10-8?. The third kappa shape index (κ3) is 6.56. The molecule has 0 radical (unpaired) electrons. The maximum absolute atomic E-state index is 6.62. The highest BCUT2D eigenvalue weighted by molar-refractivity contribution is 5.68. The highest BCUT2D eigenvalue weighted by Crippen LogP contribution is 1.76. The molecule has 0 rings (SSSR count). The second kappa shape index (κ2) is 7.56. The molecule has 0 atom stereocenters. The van der Waals surface area contributed by atoms with Crippen molar-refractivity contribution in [3.05, 3.63) is 36.5 Å². The highest BCUT2D eigenvalue weighted by atomic mass is 14.3. The molecule has 0 saturated heterocycles. The maximum Gasteiger partial charge on any atom is 0.0177 e. The van der Waals surface area contributed by atoms with Crippen molar-refractivity contribution < 1.29 is 0 Å². The van der Waals surface area contributed by atoms with Crippen LogP contribution >= 0.6 is 0 Å². The van der Waals surface area contributed by atoms with E-state index in [-0.39, 0.29) is 0 Å². The van der Waals surface area contributed by atoms with Crippen LogP contribution in [0.25, 0.3) is 0 Å². The molecule has 2 N–H and O–H groups in total. The predicted octanol–water partition coefficient (Wildman–Crippen LogP) is 1.95. The first-order chi connectivity index (χ1) is 4.91. The third-order valence-electron chi connectivity index (χ3n) is 0.748. The lowest BCUT2D eigenvalue weighted by Gasteiger charge is -1.69. The minimum atomic E-state index is 1.21. The van der Waals surface area contributed by atoms with E-state index >= 15 is 0 Å². The fourth-order valence-corrected chi connectivity index (χ4v) is 0.368. The lowest BCUT2D eigenvalue weighted by Crippen LogP contribution is -1.56. The third-order valence-corrected chi connectivity index (χ3v) is 0.748. The van der Waals surface area contributed by atoms with Gasteiger partial charge in [0.25, 0.3) is 0 Å². The summed E-state index contributed by atoms with van der Waals surface area (Å²) in [4.78, 5) is 0. The van der Waals surface area contributed by atoms with E-state index in [0.29, 0.717) is 0 Å². The maximum atomic E-state index is 6.62. The van der Waals surface area contributed by atoms with Crippen molar-refractivity contribution in [2.24, 2.45) is 0 Å². The van der Waals surface area contributed by atoms with Gasteiger partial charge < -0.3 is 10.8 Å². The molecule has 0 amide bonds. The van der Waals surface area contributed by atoms with Gasteiger partial charge in [0.1, 0.15) is 0 Å². The lowest BCUT2D eigenvalue weighted by atomic mass is 10.4. The number of hydrogen-bond donors (Lipinski definition) is 2. The summed E-state index contributed by atoms with van der Waals surface area (Å²) in [6.07, 6.45) is 12.8. The van der Waals surface area contributed by atoms with Crippen molar-refractivity contribution >= 4 is 12.4 Å². The van der Waals surface area contributed by atoms with Gasteiger partial charge in [-0.3, -0.25) is 0 Å². The zero-order chi connectivity index (χ0) is 7.66. The Morgan fingerprint density at radius 1 is 0.500 bits per heavy atom. The molecule has 0 bridgehead atoms. The second-order valence-corrected chi connectivity index (χ2v) is 1.49. The summed E-state index contributed by atoms with van der Waals surface area (Å²) in [7, 11) is 0. The molecule has 0 aliphatic heterocycles. The minimum absolute atomic E-state index is 1.21. The van der Waals surface area contributed by atoms with Gasteiger partial charge in [-0.2, -0.15) is 0 Å². The molecular formula is C8H10N2. The summed E-state index contributed by atoms with van der Waals surface area (Å²) < 4.78 is 0. The molecule has 0 unspecified atom stereocenters. The van der Waals surface area contributed by atoms with Crippen LogP contribution in [0.2, 0.25) is 0 Å². The first kappa shape index (κ1) is 8.56. The number of nitrogens with one attached hydrogen (secondary N) is 2. The fourth-order valence-electron chi connectivity index (χ4n) is 0.368. The van der Waals surface area contributed by atoms with Crippen LogP contribution in [0.15, 0.2) is 36.5 Å². The molecule has 0 spiro atoms. The van der Waals surface area contributed by atoms with Gasteiger partial charge in [-0.05, 0) is 12.2 Å². The summed E-state index contributed by atoms with van der Waals surface area (Å²) >= 11 is 0. The summed E-state index contributed by atoms with van der Waals surface area (Å²) in [6.45, 7) is 0. The molecule has 0 aromatic carbocycles. The summed E-state index contributed by atoms with van der Waals surface area (Å²) in [6, 6.07) is 0. The van der Waals surface area contributed by atoms with Gasteiger partial charge in [0.15, 0.2) is 0 Å². The van der Waals surface area contributed by atoms with E-state index < -0.39 is 0 Å². The molecular weight excluding hydrogens is 124 g/mol. The average molecular weight is 134 g/mol. The van der Waals surface area contributed by atoms with Gasteiger partial charge in [-0.1, -0.05) is 24.3 Å². The zero-order valence-electron chi connectivity index (χ0n) is 5.62. The van der Waals surface area contributed by atoms with Crippen molar-refractivity contribution in [2.45, 2.75) is 0 Å². The molecule has 0 aliphatic carbocycles. The predicted molar refractivity (Wildman–Crippen MR) is 45.0 cm³/mol. The van der Waals surface area contributed by atoms with Gasteiger partial charge >= 0.3 is 0 Å². The average Bonchev–Trinajstić information content (AvgIpc) is 1.97. The monoisotopic (exact) mass is 134 g/mol. The SMILES string of the molecule is N=C/C=C/C=C\C=C\C=N. The quantitative estimate of drug-likeness (QED) is 0.436. The van der Waals surface area contributed by atoms with E-state index in [0.717, 1.165) is 0 Å². The number of hydrogen-bond acceptors (Lipinski definition) is 2. The van der Waals surface area contributed by atoms with Crippen LogP contribution in [0.3, 0.4) is 0 Å². The fraction of sp³-hybridized carbons (Fsp3) is 0. The van der Waals surface area contributed by atoms with Gasteiger partial charge in [0, 0.05) is 12.4 Å². The Morgan fingerprint density at radius 3 is 1.10 bits per heavy atom. The molecule has 2 heteroatoms. The van der Waals surface area contributed by atoms with Gasteiger partial charge in [0.05, 0.1) is 0 Å². The van der Waals surface area contributed by atoms with Crippen LogP contribution < -0.4 is 0 Å². The van der Waals surface area contributed by atoms with E-state index in [4.69, 9.17) is 10.8 Å². The van der Waals surface area contributed by atoms with E-state index in [1.54, 1.807) is 36.5 Å². The number of rotatable bonds is 4. The second-order valence-electron chi connectivity index (χ2n) is 1.49. The molecule has 52 valence electrons. The molecule has 0 aromatic heterocycles. The van der Waals surface area contributed by atoms with Gasteiger partial charge in [-0.25, -0.2) is 0 Å². The molecule has 0 aliphatic rings. The Labute approximate surface area is 60.6 Å². The molecule has 0 aromatic rings. The summed E-state index contributed by atoms with van der Waals surface area (Å²) in [5.41, 5.74) is 0. The zero-order valence-corrected chi connectivity index (χ0v) is 5.62. The molecule has 10 heavy (non-hydrogen) atoms. The van der Waals surface area contributed by atoms with Crippen molar-refractivity contribution in [1.82, 2.24) is 0 Å². The van der Waals surface area contributed by atoms with Crippen molar-refractivity contribution in [3.63, 3.8) is 0 Å². The van der Waals surface area contributed by atoms with Crippen LogP contribution in [0.1, 0.15) is 0 Å². The first-order valence-corrected chi connectivity index (χ1v) is 2.91. The highest BCUT2D eigenvalue weighted by Gasteiger charge is 1.59. The Balaban J connectivity index is 3.55. The Bertz CT molecular complexity index is 156. The molecule has 0 heterocycles. The van der Waals surface area contributed by atoms with Crippen LogP contribution in [0, 0.1) is 10.8 Å².